The van der Waals surface area contributed by atoms with Crippen LogP contribution in [0.2, 0.25) is 0 Å². The molecule has 0 radical (unpaired) electrons. The van der Waals surface area contributed by atoms with Crippen LogP contribution >= 0.6 is 15.9 Å². The largest absolute Gasteiger partial charge is 0.353 e. The molecule has 0 saturated carbocycles. The third kappa shape index (κ3) is 2.66. The summed E-state index contributed by atoms with van der Waals surface area (Å²) in [5, 5.41) is 0. The molecule has 0 bridgehead atoms. The highest BCUT2D eigenvalue weighted by Crippen LogP contribution is 2.26. The number of fused-ring (bicyclic) bond motifs is 1. The van der Waals surface area contributed by atoms with Crippen molar-refractivity contribution in [1.82, 2.24) is 14.9 Å². The Hall–Kier alpha value is -1.17. The first-order valence-corrected chi connectivity index (χ1v) is 8.04. The first-order valence-electron chi connectivity index (χ1n) is 7.25. The van der Waals surface area contributed by atoms with Crippen molar-refractivity contribution >= 4 is 27.7 Å². The molecule has 2 aliphatic heterocycles. The molecule has 1 aromatic rings. The van der Waals surface area contributed by atoms with Gasteiger partial charge in [-0.05, 0) is 28.8 Å². The summed E-state index contributed by atoms with van der Waals surface area (Å²) in [4.78, 5) is 25.1. The van der Waals surface area contributed by atoms with Gasteiger partial charge in [-0.15, -0.1) is 0 Å². The first-order chi connectivity index (χ1) is 9.67. The fraction of sp³-hybridized carbons (Fsp3) is 0.643. The molecule has 0 spiro atoms. The second-order valence-electron chi connectivity index (χ2n) is 5.44. The topological polar surface area (TPSA) is 49.3 Å². The number of carbonyl (C=O) groups excluding carboxylic acids is 1. The predicted octanol–water partition coefficient (Wildman–Crippen LogP) is 2.00. The van der Waals surface area contributed by atoms with Gasteiger partial charge in [0.2, 0.25) is 5.91 Å². The van der Waals surface area contributed by atoms with Crippen molar-refractivity contribution in [3.8, 4) is 0 Å². The second kappa shape index (κ2) is 5.68. The Morgan fingerprint density at radius 1 is 1.40 bits per heavy atom. The molecule has 3 rings (SSSR count). The number of aryl methyl sites for hydroxylation is 1. The van der Waals surface area contributed by atoms with Gasteiger partial charge in [0, 0.05) is 44.6 Å². The third-order valence-corrected chi connectivity index (χ3v) is 4.43. The van der Waals surface area contributed by atoms with Crippen LogP contribution in [0.1, 0.15) is 32.0 Å². The van der Waals surface area contributed by atoms with E-state index in [-0.39, 0.29) is 0 Å². The lowest BCUT2D eigenvalue weighted by Crippen LogP contribution is -2.51. The molecule has 20 heavy (non-hydrogen) atoms. The molecule has 108 valence electrons. The van der Waals surface area contributed by atoms with Gasteiger partial charge in [-0.1, -0.05) is 6.92 Å². The van der Waals surface area contributed by atoms with E-state index in [1.54, 1.807) is 0 Å². The van der Waals surface area contributed by atoms with Crippen molar-refractivity contribution in [3.05, 3.63) is 16.5 Å². The third-order valence-electron chi connectivity index (χ3n) is 4.02. The van der Waals surface area contributed by atoms with Gasteiger partial charge >= 0.3 is 0 Å². The number of piperazine rings is 1. The molecule has 2 saturated heterocycles. The van der Waals surface area contributed by atoms with Gasteiger partial charge in [-0.3, -0.25) is 4.79 Å². The lowest BCUT2D eigenvalue weighted by atomic mass is 10.1. The van der Waals surface area contributed by atoms with Crippen LogP contribution in [0.3, 0.4) is 0 Å². The number of halogens is 1. The molecule has 3 heterocycles. The van der Waals surface area contributed by atoms with Crippen LogP contribution in [-0.2, 0) is 11.2 Å². The Labute approximate surface area is 127 Å². The zero-order chi connectivity index (χ0) is 14.1. The molecule has 5 nitrogen and oxygen atoms in total. The highest BCUT2D eigenvalue weighted by Gasteiger charge is 2.35. The molecule has 1 amide bonds. The van der Waals surface area contributed by atoms with E-state index in [2.05, 4.69) is 37.7 Å². The number of aromatic nitrogens is 2. The minimum Gasteiger partial charge on any atom is -0.353 e. The molecule has 0 N–H and O–H groups in total. The van der Waals surface area contributed by atoms with Crippen molar-refractivity contribution in [2.45, 2.75) is 38.6 Å². The molecule has 2 aliphatic rings. The Morgan fingerprint density at radius 3 is 3.05 bits per heavy atom. The average molecular weight is 339 g/mol. The number of hydrogen-bond donors (Lipinski definition) is 0. The normalized spacial score (nSPS) is 22.3. The maximum absolute atomic E-state index is 11.7. The monoisotopic (exact) mass is 338 g/mol. The average Bonchev–Trinajstić information content (AvgIpc) is 2.80. The number of carbonyl (C=O) groups is 1. The van der Waals surface area contributed by atoms with Crippen LogP contribution in [0.25, 0.3) is 0 Å². The predicted molar refractivity (Wildman–Crippen MR) is 80.7 cm³/mol. The summed E-state index contributed by atoms with van der Waals surface area (Å²) < 4.78 is 0.843. The number of nitrogens with zero attached hydrogens (tertiary/aromatic N) is 4. The fourth-order valence-electron chi connectivity index (χ4n) is 3.02. The van der Waals surface area contributed by atoms with E-state index >= 15 is 0 Å². The van der Waals surface area contributed by atoms with Crippen molar-refractivity contribution in [2.75, 3.05) is 24.5 Å². The fourth-order valence-corrected chi connectivity index (χ4v) is 3.43. The van der Waals surface area contributed by atoms with Gasteiger partial charge in [0.05, 0.1) is 0 Å². The Bertz CT molecular complexity index is 522. The molecule has 2 fully saturated rings. The highest BCUT2D eigenvalue weighted by molar-refractivity contribution is 9.10. The summed E-state index contributed by atoms with van der Waals surface area (Å²) in [5.74, 6) is 2.18. The minimum atomic E-state index is 0.310. The van der Waals surface area contributed by atoms with Gasteiger partial charge in [-0.25, -0.2) is 9.97 Å². The molecule has 1 atom stereocenters. The second-order valence-corrected chi connectivity index (χ2v) is 6.25. The van der Waals surface area contributed by atoms with Gasteiger partial charge in [0.25, 0.3) is 0 Å². The standard InChI is InChI=1S/C14H19BrN4O/c1-2-3-12-16-11(15)8-13(17-12)18-6-7-19-10(9-18)4-5-14(19)20/h8,10H,2-7,9H2,1H3. The van der Waals surface area contributed by atoms with Gasteiger partial charge in [0.1, 0.15) is 16.2 Å². The van der Waals surface area contributed by atoms with Crippen LogP contribution in [0.15, 0.2) is 10.7 Å². The van der Waals surface area contributed by atoms with Gasteiger partial charge in [-0.2, -0.15) is 0 Å². The van der Waals surface area contributed by atoms with Gasteiger partial charge in [0.15, 0.2) is 0 Å². The SMILES string of the molecule is CCCc1nc(Br)cc(N2CCN3C(=O)CCC3C2)n1. The van der Waals surface area contributed by atoms with E-state index in [0.717, 1.165) is 55.1 Å². The Kier molecular flexibility index (Phi) is 3.92. The van der Waals surface area contributed by atoms with E-state index < -0.39 is 0 Å². The van der Waals surface area contributed by atoms with E-state index in [0.29, 0.717) is 18.4 Å². The Balaban J connectivity index is 1.78. The molecular formula is C14H19BrN4O. The van der Waals surface area contributed by atoms with Crippen molar-refractivity contribution in [1.29, 1.82) is 0 Å². The zero-order valence-corrected chi connectivity index (χ0v) is 13.3. The molecule has 6 heteroatoms. The van der Waals surface area contributed by atoms with Crippen LogP contribution in [0.5, 0.6) is 0 Å². The number of rotatable bonds is 3. The summed E-state index contributed by atoms with van der Waals surface area (Å²) in [5.41, 5.74) is 0. The summed E-state index contributed by atoms with van der Waals surface area (Å²) in [7, 11) is 0. The maximum atomic E-state index is 11.7. The van der Waals surface area contributed by atoms with Crippen molar-refractivity contribution in [3.63, 3.8) is 0 Å². The first kappa shape index (κ1) is 13.8. The number of anilines is 1. The molecule has 1 unspecified atom stereocenters. The minimum absolute atomic E-state index is 0.310. The lowest BCUT2D eigenvalue weighted by Gasteiger charge is -2.38. The Morgan fingerprint density at radius 2 is 2.25 bits per heavy atom. The van der Waals surface area contributed by atoms with Gasteiger partial charge < -0.3 is 9.80 Å². The van der Waals surface area contributed by atoms with Crippen molar-refractivity contribution < 1.29 is 4.79 Å². The van der Waals surface area contributed by atoms with E-state index in [4.69, 9.17) is 0 Å². The molecular weight excluding hydrogens is 320 g/mol. The number of hydrogen-bond acceptors (Lipinski definition) is 4. The zero-order valence-electron chi connectivity index (χ0n) is 11.7. The van der Waals surface area contributed by atoms with Crippen LogP contribution in [-0.4, -0.2) is 46.5 Å². The van der Waals surface area contributed by atoms with E-state index in [1.165, 1.54) is 0 Å². The number of amides is 1. The molecule has 0 aliphatic carbocycles. The highest BCUT2D eigenvalue weighted by atomic mass is 79.9. The maximum Gasteiger partial charge on any atom is 0.223 e. The van der Waals surface area contributed by atoms with Crippen LogP contribution < -0.4 is 4.90 Å². The molecule has 0 aromatic carbocycles. The molecule has 1 aromatic heterocycles. The summed E-state index contributed by atoms with van der Waals surface area (Å²) >= 11 is 3.47. The van der Waals surface area contributed by atoms with E-state index in [9.17, 15) is 4.79 Å². The summed E-state index contributed by atoms with van der Waals surface area (Å²) in [6, 6.07) is 2.34. The van der Waals surface area contributed by atoms with Crippen molar-refractivity contribution in [2.24, 2.45) is 0 Å². The van der Waals surface area contributed by atoms with E-state index in [1.807, 2.05) is 11.0 Å². The lowest BCUT2D eigenvalue weighted by molar-refractivity contribution is -0.129. The summed E-state index contributed by atoms with van der Waals surface area (Å²) in [6.45, 7) is 4.69. The summed E-state index contributed by atoms with van der Waals surface area (Å²) in [6.07, 6.45) is 3.62. The quantitative estimate of drug-likeness (QED) is 0.791. The van der Waals surface area contributed by atoms with Crippen LogP contribution in [0, 0.1) is 0 Å². The van der Waals surface area contributed by atoms with Crippen LogP contribution in [0.4, 0.5) is 5.82 Å². The smallest absolute Gasteiger partial charge is 0.223 e.